The second-order valence-corrected chi connectivity index (χ2v) is 4.76. The first kappa shape index (κ1) is 13.7. The first-order chi connectivity index (χ1) is 8.93. The molecule has 0 unspecified atom stereocenters. The normalized spacial score (nSPS) is 10.6. The molecule has 1 heterocycles. The van der Waals surface area contributed by atoms with Crippen molar-refractivity contribution in [3.63, 3.8) is 0 Å². The number of carbonyl (C=O) groups excluding carboxylic acids is 1. The highest BCUT2D eigenvalue weighted by Gasteiger charge is 2.18. The van der Waals surface area contributed by atoms with Gasteiger partial charge in [-0.3, -0.25) is 4.79 Å². The largest absolute Gasteiger partial charge is 0.435 e. The summed E-state index contributed by atoms with van der Waals surface area (Å²) in [5, 5.41) is 3.99. The van der Waals surface area contributed by atoms with Gasteiger partial charge in [-0.1, -0.05) is 15.9 Å². The van der Waals surface area contributed by atoms with Crippen molar-refractivity contribution < 1.29 is 18.3 Å². The average Bonchev–Trinajstić information content (AvgIpc) is 2.60. The van der Waals surface area contributed by atoms with Crippen LogP contribution in [-0.4, -0.2) is 16.1 Å². The molecule has 100 valence electrons. The van der Waals surface area contributed by atoms with E-state index < -0.39 is 11.6 Å². The maximum Gasteiger partial charge on any atom is 0.228 e. The standard InChI is InChI=1S/C12H9BrF2N2O2/c1-6-8(5-18)12(17(2)16-6)19-10-4-7(13)3-9(14)11(10)15/h3-5H,1-2H3. The second kappa shape index (κ2) is 5.08. The van der Waals surface area contributed by atoms with E-state index >= 15 is 0 Å². The molecule has 2 aromatic rings. The van der Waals surface area contributed by atoms with Crippen LogP contribution in [0.15, 0.2) is 16.6 Å². The van der Waals surface area contributed by atoms with Gasteiger partial charge in [-0.15, -0.1) is 0 Å². The molecule has 0 N–H and O–H groups in total. The molecule has 4 nitrogen and oxygen atoms in total. The minimum atomic E-state index is -1.13. The van der Waals surface area contributed by atoms with Crippen molar-refractivity contribution in [3.05, 3.63) is 39.5 Å². The number of benzene rings is 1. The van der Waals surface area contributed by atoms with Crippen LogP contribution in [0.5, 0.6) is 11.6 Å². The number of rotatable bonds is 3. The number of hydrogen-bond donors (Lipinski definition) is 0. The summed E-state index contributed by atoms with van der Waals surface area (Å²) in [6.45, 7) is 1.62. The molecule has 0 saturated carbocycles. The zero-order valence-corrected chi connectivity index (χ0v) is 11.7. The van der Waals surface area contributed by atoms with Gasteiger partial charge in [0.1, 0.15) is 0 Å². The average molecular weight is 331 g/mol. The smallest absolute Gasteiger partial charge is 0.228 e. The number of aromatic nitrogens is 2. The molecule has 1 aromatic heterocycles. The fourth-order valence-electron chi connectivity index (χ4n) is 1.62. The zero-order chi connectivity index (χ0) is 14.2. The molecule has 0 saturated heterocycles. The van der Waals surface area contributed by atoms with Gasteiger partial charge in [0.2, 0.25) is 11.7 Å². The van der Waals surface area contributed by atoms with Gasteiger partial charge in [0.05, 0.1) is 11.3 Å². The third-order valence-corrected chi connectivity index (χ3v) is 2.96. The Morgan fingerprint density at radius 2 is 2.11 bits per heavy atom. The first-order valence-electron chi connectivity index (χ1n) is 5.25. The van der Waals surface area contributed by atoms with Crippen LogP contribution >= 0.6 is 15.9 Å². The van der Waals surface area contributed by atoms with Crippen LogP contribution in [-0.2, 0) is 7.05 Å². The molecule has 19 heavy (non-hydrogen) atoms. The van der Waals surface area contributed by atoms with Gasteiger partial charge in [-0.2, -0.15) is 9.49 Å². The Bertz CT molecular complexity index is 656. The first-order valence-corrected chi connectivity index (χ1v) is 6.04. The number of aldehydes is 1. The highest BCUT2D eigenvalue weighted by Crippen LogP contribution is 2.31. The van der Waals surface area contributed by atoms with E-state index in [0.717, 1.165) is 6.07 Å². The molecule has 0 amide bonds. The van der Waals surface area contributed by atoms with E-state index in [9.17, 15) is 13.6 Å². The van der Waals surface area contributed by atoms with E-state index in [4.69, 9.17) is 4.74 Å². The van der Waals surface area contributed by atoms with Crippen molar-refractivity contribution >= 4 is 22.2 Å². The Morgan fingerprint density at radius 1 is 1.42 bits per heavy atom. The van der Waals surface area contributed by atoms with Crippen molar-refractivity contribution in [1.29, 1.82) is 0 Å². The van der Waals surface area contributed by atoms with E-state index in [1.54, 1.807) is 14.0 Å². The zero-order valence-electron chi connectivity index (χ0n) is 10.1. The van der Waals surface area contributed by atoms with Gasteiger partial charge >= 0.3 is 0 Å². The fourth-order valence-corrected chi connectivity index (χ4v) is 2.03. The molecule has 1 aromatic carbocycles. The second-order valence-electron chi connectivity index (χ2n) is 3.85. The van der Waals surface area contributed by atoms with Crippen LogP contribution in [0.25, 0.3) is 0 Å². The number of aryl methyl sites for hydroxylation is 2. The van der Waals surface area contributed by atoms with E-state index in [2.05, 4.69) is 21.0 Å². The van der Waals surface area contributed by atoms with Gasteiger partial charge < -0.3 is 4.74 Å². The summed E-state index contributed by atoms with van der Waals surface area (Å²) in [7, 11) is 1.54. The van der Waals surface area contributed by atoms with Gasteiger partial charge in [-0.25, -0.2) is 9.07 Å². The number of carbonyl (C=O) groups is 1. The van der Waals surface area contributed by atoms with Gasteiger partial charge in [0.15, 0.2) is 17.9 Å². The van der Waals surface area contributed by atoms with Crippen LogP contribution in [0.2, 0.25) is 0 Å². The van der Waals surface area contributed by atoms with Gasteiger partial charge in [0, 0.05) is 11.5 Å². The highest BCUT2D eigenvalue weighted by molar-refractivity contribution is 9.10. The Labute approximate surface area is 116 Å². The molecule has 0 atom stereocenters. The molecule has 0 aliphatic heterocycles. The molecule has 0 bridgehead atoms. The number of nitrogens with zero attached hydrogens (tertiary/aromatic N) is 2. The van der Waals surface area contributed by atoms with Crippen LogP contribution in [0.3, 0.4) is 0 Å². The Hall–Kier alpha value is -1.76. The van der Waals surface area contributed by atoms with Gasteiger partial charge in [0.25, 0.3) is 0 Å². The maximum atomic E-state index is 13.6. The van der Waals surface area contributed by atoms with Crippen LogP contribution in [0, 0.1) is 18.6 Å². The molecule has 7 heteroatoms. The number of hydrogen-bond acceptors (Lipinski definition) is 3. The lowest BCUT2D eigenvalue weighted by Crippen LogP contribution is -1.99. The van der Waals surface area contributed by atoms with E-state index in [1.165, 1.54) is 10.7 Å². The van der Waals surface area contributed by atoms with Crippen molar-refractivity contribution in [2.75, 3.05) is 0 Å². The molecule has 0 aliphatic rings. The Kier molecular flexibility index (Phi) is 3.66. The van der Waals surface area contributed by atoms with Crippen molar-refractivity contribution in [1.82, 2.24) is 9.78 Å². The number of halogens is 3. The van der Waals surface area contributed by atoms with Crippen LogP contribution in [0.4, 0.5) is 8.78 Å². The molecule has 0 aliphatic carbocycles. The third-order valence-electron chi connectivity index (χ3n) is 2.50. The third kappa shape index (κ3) is 2.51. The van der Waals surface area contributed by atoms with Gasteiger partial charge in [-0.05, 0) is 19.1 Å². The van der Waals surface area contributed by atoms with Crippen molar-refractivity contribution in [2.45, 2.75) is 6.92 Å². The lowest BCUT2D eigenvalue weighted by Gasteiger charge is -2.08. The Balaban J connectivity index is 2.50. The van der Waals surface area contributed by atoms with E-state index in [0.29, 0.717) is 16.5 Å². The van der Waals surface area contributed by atoms with E-state index in [1.807, 2.05) is 0 Å². The summed E-state index contributed by atoms with van der Waals surface area (Å²) < 4.78 is 33.7. The number of ether oxygens (including phenoxy) is 1. The fraction of sp³-hybridized carbons (Fsp3) is 0.167. The molecular weight excluding hydrogens is 322 g/mol. The quantitative estimate of drug-likeness (QED) is 0.640. The summed E-state index contributed by atoms with van der Waals surface area (Å²) in [5.74, 6) is -2.43. The summed E-state index contributed by atoms with van der Waals surface area (Å²) in [4.78, 5) is 11.0. The van der Waals surface area contributed by atoms with Crippen LogP contribution in [0.1, 0.15) is 16.1 Å². The van der Waals surface area contributed by atoms with E-state index in [-0.39, 0.29) is 17.2 Å². The van der Waals surface area contributed by atoms with Crippen molar-refractivity contribution in [2.24, 2.45) is 7.05 Å². The summed E-state index contributed by atoms with van der Waals surface area (Å²) in [6, 6.07) is 2.26. The molecule has 0 fully saturated rings. The SMILES string of the molecule is Cc1nn(C)c(Oc2cc(Br)cc(F)c2F)c1C=O. The summed E-state index contributed by atoms with van der Waals surface area (Å²) >= 11 is 3.04. The maximum absolute atomic E-state index is 13.6. The molecule has 0 radical (unpaired) electrons. The molecule has 0 spiro atoms. The topological polar surface area (TPSA) is 44.1 Å². The van der Waals surface area contributed by atoms with Crippen molar-refractivity contribution in [3.8, 4) is 11.6 Å². The minimum absolute atomic E-state index is 0.0592. The highest BCUT2D eigenvalue weighted by atomic mass is 79.9. The Morgan fingerprint density at radius 3 is 2.74 bits per heavy atom. The van der Waals surface area contributed by atoms with Crippen LogP contribution < -0.4 is 4.74 Å². The summed E-state index contributed by atoms with van der Waals surface area (Å²) in [6.07, 6.45) is 0.559. The predicted octanol–water partition coefficient (Wildman–Crippen LogP) is 3.37. The predicted molar refractivity (Wildman–Crippen MR) is 67.5 cm³/mol. The monoisotopic (exact) mass is 330 g/mol. The summed E-state index contributed by atoms with van der Waals surface area (Å²) in [5.41, 5.74) is 0.644. The lowest BCUT2D eigenvalue weighted by atomic mass is 10.3. The minimum Gasteiger partial charge on any atom is -0.435 e. The molecular formula is C12H9BrF2N2O2. The lowest BCUT2D eigenvalue weighted by molar-refractivity contribution is 0.112. The molecule has 2 rings (SSSR count).